The first-order valence-corrected chi connectivity index (χ1v) is 10.9. The summed E-state index contributed by atoms with van der Waals surface area (Å²) in [5.74, 6) is 0.0999. The van der Waals surface area contributed by atoms with E-state index in [1.807, 2.05) is 31.2 Å². The second-order valence-corrected chi connectivity index (χ2v) is 8.37. The molecule has 0 aromatic heterocycles. The zero-order chi connectivity index (χ0) is 23.1. The highest BCUT2D eigenvalue weighted by Gasteiger charge is 2.22. The lowest BCUT2D eigenvalue weighted by Crippen LogP contribution is -2.18. The maximum absolute atomic E-state index is 12.2. The van der Waals surface area contributed by atoms with Crippen molar-refractivity contribution in [1.82, 2.24) is 4.83 Å². The van der Waals surface area contributed by atoms with Gasteiger partial charge in [0.25, 0.3) is 10.0 Å². The zero-order valence-electron chi connectivity index (χ0n) is 17.4. The minimum Gasteiger partial charge on any atom is -0.493 e. The predicted octanol–water partition coefficient (Wildman–Crippen LogP) is 3.80. The van der Waals surface area contributed by atoms with Crippen LogP contribution < -0.4 is 14.3 Å². The van der Waals surface area contributed by atoms with Crippen LogP contribution in [0, 0.1) is 17.0 Å². The van der Waals surface area contributed by atoms with Crippen LogP contribution in [-0.4, -0.2) is 26.7 Å². The van der Waals surface area contributed by atoms with Crippen molar-refractivity contribution in [1.29, 1.82) is 0 Å². The molecule has 32 heavy (non-hydrogen) atoms. The molecule has 0 heterocycles. The number of rotatable bonds is 9. The van der Waals surface area contributed by atoms with E-state index in [4.69, 9.17) is 9.47 Å². The lowest BCUT2D eigenvalue weighted by atomic mass is 10.1. The summed E-state index contributed by atoms with van der Waals surface area (Å²) >= 11 is 0. The second kappa shape index (κ2) is 9.92. The first-order valence-electron chi connectivity index (χ1n) is 9.45. The molecule has 0 aliphatic heterocycles. The highest BCUT2D eigenvalue weighted by atomic mass is 32.2. The van der Waals surface area contributed by atoms with Crippen molar-refractivity contribution in [3.8, 4) is 11.5 Å². The molecule has 3 aromatic carbocycles. The van der Waals surface area contributed by atoms with E-state index in [2.05, 4.69) is 9.93 Å². The van der Waals surface area contributed by atoms with Gasteiger partial charge >= 0.3 is 5.69 Å². The van der Waals surface area contributed by atoms with E-state index in [1.165, 1.54) is 31.4 Å². The predicted molar refractivity (Wildman–Crippen MR) is 120 cm³/mol. The molecule has 0 atom stereocenters. The Hall–Kier alpha value is -3.92. The lowest BCUT2D eigenvalue weighted by Gasteiger charge is -2.13. The number of hydrazone groups is 1. The molecule has 0 bridgehead atoms. The molecule has 0 unspecified atom stereocenters. The fourth-order valence-electron chi connectivity index (χ4n) is 2.86. The second-order valence-electron chi connectivity index (χ2n) is 6.71. The number of benzene rings is 3. The van der Waals surface area contributed by atoms with Crippen LogP contribution in [0.5, 0.6) is 11.5 Å². The molecule has 1 N–H and O–H groups in total. The number of nitrogens with one attached hydrogen (secondary N) is 1. The zero-order valence-corrected chi connectivity index (χ0v) is 18.2. The van der Waals surface area contributed by atoms with Crippen LogP contribution in [0.3, 0.4) is 0 Å². The number of hydrogen-bond acceptors (Lipinski definition) is 7. The standard InChI is InChI=1S/C22H21N3O6S/c1-16-8-6-7-9-18(16)15-31-22-20(25(26)27)12-17(13-21(22)30-2)14-23-24-32(28,29)19-10-4-3-5-11-19/h3-14,24H,15H2,1-2H3/b23-14+. The molecular formula is C22H21N3O6S. The van der Waals surface area contributed by atoms with E-state index in [9.17, 15) is 18.5 Å². The van der Waals surface area contributed by atoms with Gasteiger partial charge in [0.05, 0.1) is 23.1 Å². The minimum absolute atomic E-state index is 0.0252. The number of sulfonamides is 1. The molecule has 0 fully saturated rings. The van der Waals surface area contributed by atoms with Gasteiger partial charge in [-0.25, -0.2) is 4.83 Å². The van der Waals surface area contributed by atoms with Crippen LogP contribution in [0.2, 0.25) is 0 Å². The van der Waals surface area contributed by atoms with Crippen molar-refractivity contribution in [3.63, 3.8) is 0 Å². The fraction of sp³-hybridized carbons (Fsp3) is 0.136. The van der Waals surface area contributed by atoms with Crippen molar-refractivity contribution in [2.45, 2.75) is 18.4 Å². The molecule has 9 nitrogen and oxygen atoms in total. The smallest absolute Gasteiger partial charge is 0.315 e. The topological polar surface area (TPSA) is 120 Å². The van der Waals surface area contributed by atoms with E-state index >= 15 is 0 Å². The van der Waals surface area contributed by atoms with Gasteiger partial charge in [0, 0.05) is 11.6 Å². The number of methoxy groups -OCH3 is 1. The summed E-state index contributed by atoms with van der Waals surface area (Å²) in [4.78, 5) is 13.2. The molecular weight excluding hydrogens is 434 g/mol. The first kappa shape index (κ1) is 22.8. The highest BCUT2D eigenvalue weighted by molar-refractivity contribution is 7.89. The van der Waals surface area contributed by atoms with Crippen molar-refractivity contribution < 1.29 is 22.8 Å². The van der Waals surface area contributed by atoms with Crippen LogP contribution in [-0.2, 0) is 16.6 Å². The number of nitro groups is 1. The summed E-state index contributed by atoms with van der Waals surface area (Å²) in [5, 5.41) is 15.4. The summed E-state index contributed by atoms with van der Waals surface area (Å²) < 4.78 is 35.5. The summed E-state index contributed by atoms with van der Waals surface area (Å²) in [5.41, 5.74) is 1.80. The van der Waals surface area contributed by atoms with Gasteiger partial charge in [0.2, 0.25) is 5.75 Å². The molecule has 3 aromatic rings. The number of hydrogen-bond donors (Lipinski definition) is 1. The Balaban J connectivity index is 1.85. The molecule has 0 saturated heterocycles. The largest absolute Gasteiger partial charge is 0.493 e. The van der Waals surface area contributed by atoms with E-state index < -0.39 is 14.9 Å². The molecule has 0 saturated carbocycles. The molecule has 0 radical (unpaired) electrons. The number of nitro benzene ring substituents is 1. The van der Waals surface area contributed by atoms with Crippen LogP contribution in [0.4, 0.5) is 5.69 Å². The Morgan fingerprint density at radius 2 is 1.78 bits per heavy atom. The molecule has 0 aliphatic rings. The first-order chi connectivity index (χ1) is 15.3. The summed E-state index contributed by atoms with van der Waals surface area (Å²) in [6.07, 6.45) is 1.15. The van der Waals surface area contributed by atoms with E-state index in [-0.39, 0.29) is 34.3 Å². The van der Waals surface area contributed by atoms with Gasteiger partial charge in [-0.2, -0.15) is 13.5 Å². The Morgan fingerprint density at radius 1 is 1.09 bits per heavy atom. The van der Waals surface area contributed by atoms with Gasteiger partial charge < -0.3 is 9.47 Å². The third-order valence-electron chi connectivity index (χ3n) is 4.55. The third-order valence-corrected chi connectivity index (χ3v) is 5.79. The summed E-state index contributed by atoms with van der Waals surface area (Å²) in [7, 11) is -2.50. The van der Waals surface area contributed by atoms with Gasteiger partial charge in [0.1, 0.15) is 6.61 Å². The van der Waals surface area contributed by atoms with Gasteiger partial charge in [-0.15, -0.1) is 0 Å². The maximum atomic E-state index is 12.2. The lowest BCUT2D eigenvalue weighted by molar-refractivity contribution is -0.386. The van der Waals surface area contributed by atoms with E-state index in [0.29, 0.717) is 0 Å². The van der Waals surface area contributed by atoms with Crippen LogP contribution in [0.15, 0.2) is 76.7 Å². The average Bonchev–Trinajstić information content (AvgIpc) is 2.79. The Bertz CT molecular complexity index is 1240. The van der Waals surface area contributed by atoms with Crippen molar-refractivity contribution >= 4 is 21.9 Å². The highest BCUT2D eigenvalue weighted by Crippen LogP contribution is 2.38. The quantitative estimate of drug-likeness (QED) is 0.298. The number of aryl methyl sites for hydroxylation is 1. The molecule has 10 heteroatoms. The Labute approximate surface area is 185 Å². The normalized spacial score (nSPS) is 11.3. The minimum atomic E-state index is -3.86. The van der Waals surface area contributed by atoms with E-state index in [0.717, 1.165) is 17.3 Å². The Kier molecular flexibility index (Phi) is 7.06. The van der Waals surface area contributed by atoms with Crippen LogP contribution >= 0.6 is 0 Å². The van der Waals surface area contributed by atoms with Gasteiger partial charge in [-0.1, -0.05) is 42.5 Å². The Morgan fingerprint density at radius 3 is 2.44 bits per heavy atom. The molecule has 0 aliphatic carbocycles. The third kappa shape index (κ3) is 5.41. The van der Waals surface area contributed by atoms with Gasteiger partial charge in [-0.3, -0.25) is 10.1 Å². The molecule has 0 spiro atoms. The number of nitrogens with zero attached hydrogens (tertiary/aromatic N) is 2. The average molecular weight is 455 g/mol. The van der Waals surface area contributed by atoms with Crippen molar-refractivity contribution in [2.75, 3.05) is 7.11 Å². The number of ether oxygens (including phenoxy) is 2. The fourth-order valence-corrected chi connectivity index (χ4v) is 3.67. The molecule has 3 rings (SSSR count). The van der Waals surface area contributed by atoms with Gasteiger partial charge in [-0.05, 0) is 36.2 Å². The molecule has 166 valence electrons. The monoisotopic (exact) mass is 455 g/mol. The van der Waals surface area contributed by atoms with Crippen molar-refractivity contribution in [3.05, 3.63) is 93.5 Å². The SMILES string of the molecule is COc1cc(/C=N/NS(=O)(=O)c2ccccc2)cc([N+](=O)[O-])c1OCc1ccccc1C. The van der Waals surface area contributed by atoms with Crippen LogP contribution in [0.1, 0.15) is 16.7 Å². The summed E-state index contributed by atoms with van der Waals surface area (Å²) in [6.45, 7) is 2.04. The van der Waals surface area contributed by atoms with Crippen molar-refractivity contribution in [2.24, 2.45) is 5.10 Å². The summed E-state index contributed by atoms with van der Waals surface area (Å²) in [6, 6.07) is 17.9. The van der Waals surface area contributed by atoms with Gasteiger partial charge in [0.15, 0.2) is 5.75 Å². The maximum Gasteiger partial charge on any atom is 0.315 e. The van der Waals surface area contributed by atoms with Crippen LogP contribution in [0.25, 0.3) is 0 Å². The van der Waals surface area contributed by atoms with E-state index in [1.54, 1.807) is 18.2 Å². The molecule has 0 amide bonds.